The zero-order chi connectivity index (χ0) is 18.6. The van der Waals surface area contributed by atoms with Crippen molar-refractivity contribution in [1.82, 2.24) is 0 Å². The molecule has 1 aliphatic heterocycles. The van der Waals surface area contributed by atoms with E-state index in [1.54, 1.807) is 12.1 Å². The maximum atomic E-state index is 15.7. The van der Waals surface area contributed by atoms with Crippen molar-refractivity contribution < 1.29 is 12.9 Å². The Balaban J connectivity index is 1.55. The quantitative estimate of drug-likeness (QED) is 0.358. The molecule has 1 saturated heterocycles. The summed E-state index contributed by atoms with van der Waals surface area (Å²) >= 11 is 0. The number of rotatable bonds is 5. The molecule has 26 heavy (non-hydrogen) atoms. The molecule has 0 nitrogen and oxygen atoms in total. The lowest BCUT2D eigenvalue weighted by Crippen LogP contribution is -2.40. The summed E-state index contributed by atoms with van der Waals surface area (Å²) in [7, 11) is -2.62. The Bertz CT molecular complexity index is 594. The summed E-state index contributed by atoms with van der Waals surface area (Å²) < 4.78 is 41.3. The van der Waals surface area contributed by atoms with Gasteiger partial charge >= 0.3 is 0 Å². The van der Waals surface area contributed by atoms with Crippen molar-refractivity contribution in [3.63, 3.8) is 0 Å². The molecule has 0 unspecified atom stereocenters. The van der Waals surface area contributed by atoms with Gasteiger partial charge in [-0.3, -0.25) is 0 Å². The van der Waals surface area contributed by atoms with Gasteiger partial charge in [0.15, 0.2) is 5.83 Å². The first-order valence-corrected chi connectivity index (χ1v) is 12.7. The summed E-state index contributed by atoms with van der Waals surface area (Å²) in [6.07, 6.45) is 9.07. The molecule has 0 spiro atoms. The third kappa shape index (κ3) is 4.44. The van der Waals surface area contributed by atoms with Crippen molar-refractivity contribution in [2.75, 3.05) is 0 Å². The fourth-order valence-electron chi connectivity index (χ4n) is 5.19. The summed E-state index contributed by atoms with van der Waals surface area (Å²) in [6.45, 7) is 2.24. The van der Waals surface area contributed by atoms with E-state index < -0.39 is 14.2 Å². The highest BCUT2D eigenvalue weighted by molar-refractivity contribution is 6.74. The first kappa shape index (κ1) is 19.7. The van der Waals surface area contributed by atoms with Gasteiger partial charge in [0, 0.05) is 5.56 Å². The lowest BCUT2D eigenvalue weighted by Gasteiger charge is -2.40. The molecule has 3 rings (SSSR count). The molecule has 0 aromatic heterocycles. The summed E-state index contributed by atoms with van der Waals surface area (Å²) in [5.41, 5.74) is 1.79. The molecule has 1 aliphatic carbocycles. The van der Waals surface area contributed by atoms with Gasteiger partial charge in [0.1, 0.15) is 6.33 Å². The highest BCUT2D eigenvalue weighted by atomic mass is 28.4. The first-order chi connectivity index (χ1) is 12.6. The van der Waals surface area contributed by atoms with E-state index in [4.69, 9.17) is 0 Å². The molecule has 2 aliphatic rings. The SMILES string of the molecule is CCCC1CCC([Si]2(F)CCC(c3ccc(C(F)=CF)cc3)CC2)CC1. The second kappa shape index (κ2) is 8.77. The van der Waals surface area contributed by atoms with Gasteiger partial charge in [-0.1, -0.05) is 69.7 Å². The summed E-state index contributed by atoms with van der Waals surface area (Å²) in [5, 5.41) is 0. The van der Waals surface area contributed by atoms with Gasteiger partial charge in [-0.2, -0.15) is 0 Å². The third-order valence-electron chi connectivity index (χ3n) is 6.85. The van der Waals surface area contributed by atoms with Gasteiger partial charge < -0.3 is 4.11 Å². The van der Waals surface area contributed by atoms with Crippen LogP contribution in [0, 0.1) is 5.92 Å². The minimum absolute atomic E-state index is 0.00604. The van der Waals surface area contributed by atoms with Gasteiger partial charge in [-0.05, 0) is 47.9 Å². The van der Waals surface area contributed by atoms with Crippen molar-refractivity contribution in [3.05, 3.63) is 41.7 Å². The summed E-state index contributed by atoms with van der Waals surface area (Å²) in [6, 6.07) is 8.58. The van der Waals surface area contributed by atoms with Crippen LogP contribution in [0.15, 0.2) is 30.6 Å². The smallest absolute Gasteiger partial charge is 0.250 e. The molecule has 0 amide bonds. The van der Waals surface area contributed by atoms with Crippen molar-refractivity contribution in [1.29, 1.82) is 0 Å². The lowest BCUT2D eigenvalue weighted by atomic mass is 9.86. The third-order valence-corrected chi connectivity index (χ3v) is 11.1. The monoisotopic (exact) mass is 380 g/mol. The van der Waals surface area contributed by atoms with E-state index >= 15 is 4.11 Å². The molecule has 2 fully saturated rings. The van der Waals surface area contributed by atoms with Gasteiger partial charge in [-0.15, -0.1) is 0 Å². The largest absolute Gasteiger partial charge is 0.314 e. The molecule has 0 bridgehead atoms. The Morgan fingerprint density at radius 3 is 2.19 bits per heavy atom. The van der Waals surface area contributed by atoms with Crippen molar-refractivity contribution in [2.45, 2.75) is 81.8 Å². The van der Waals surface area contributed by atoms with E-state index in [0.29, 0.717) is 11.5 Å². The van der Waals surface area contributed by atoms with Crippen LogP contribution in [0.2, 0.25) is 17.6 Å². The molecule has 0 N–H and O–H groups in total. The molecule has 1 heterocycles. The van der Waals surface area contributed by atoms with Crippen molar-refractivity contribution in [3.8, 4) is 0 Å². The van der Waals surface area contributed by atoms with Crippen LogP contribution in [-0.4, -0.2) is 8.41 Å². The number of hydrogen-bond acceptors (Lipinski definition) is 0. The average molecular weight is 381 g/mol. The fraction of sp³-hybridized carbons (Fsp3) is 0.636. The van der Waals surface area contributed by atoms with Crippen LogP contribution in [0.3, 0.4) is 0 Å². The predicted molar refractivity (Wildman–Crippen MR) is 106 cm³/mol. The summed E-state index contributed by atoms with van der Waals surface area (Å²) in [4.78, 5) is 0. The van der Waals surface area contributed by atoms with E-state index in [2.05, 4.69) is 6.92 Å². The van der Waals surface area contributed by atoms with Gasteiger partial charge in [0.05, 0.1) is 0 Å². The zero-order valence-electron chi connectivity index (χ0n) is 15.8. The maximum absolute atomic E-state index is 15.7. The fourth-order valence-corrected chi connectivity index (χ4v) is 9.28. The van der Waals surface area contributed by atoms with E-state index in [-0.39, 0.29) is 11.9 Å². The molecule has 4 heteroatoms. The Morgan fingerprint density at radius 1 is 1.04 bits per heavy atom. The number of hydrogen-bond donors (Lipinski definition) is 0. The normalized spacial score (nSPS) is 33.2. The van der Waals surface area contributed by atoms with Gasteiger partial charge in [0.2, 0.25) is 8.41 Å². The number of halogens is 3. The van der Waals surface area contributed by atoms with Gasteiger partial charge in [0.25, 0.3) is 0 Å². The van der Waals surface area contributed by atoms with Crippen LogP contribution in [-0.2, 0) is 0 Å². The van der Waals surface area contributed by atoms with Crippen LogP contribution >= 0.6 is 0 Å². The Hall–Kier alpha value is -1.03. The molecule has 1 saturated carbocycles. The topological polar surface area (TPSA) is 0 Å². The van der Waals surface area contributed by atoms with Crippen LogP contribution in [0.1, 0.15) is 75.3 Å². The molecule has 144 valence electrons. The van der Waals surface area contributed by atoms with E-state index in [1.807, 2.05) is 12.1 Å². The highest BCUT2D eigenvalue weighted by Crippen LogP contribution is 2.50. The average Bonchev–Trinajstić information content (AvgIpc) is 2.69. The van der Waals surface area contributed by atoms with Gasteiger partial charge in [-0.25, -0.2) is 8.78 Å². The lowest BCUT2D eigenvalue weighted by molar-refractivity contribution is 0.322. The van der Waals surface area contributed by atoms with Crippen LogP contribution < -0.4 is 0 Å². The number of benzene rings is 1. The second-order valence-electron chi connectivity index (χ2n) is 8.39. The van der Waals surface area contributed by atoms with Crippen molar-refractivity contribution in [2.24, 2.45) is 5.92 Å². The Morgan fingerprint density at radius 2 is 1.65 bits per heavy atom. The predicted octanol–water partition coefficient (Wildman–Crippen LogP) is 8.08. The van der Waals surface area contributed by atoms with E-state index in [9.17, 15) is 8.78 Å². The standard InChI is InChI=1S/C22H31F3Si/c1-2-3-17-4-10-21(11-5-17)26(25)14-12-19(13-15-26)18-6-8-20(9-7-18)22(24)16-23/h6-9,16-17,19,21H,2-5,10-15H2,1H3. The second-order valence-corrected chi connectivity index (χ2v) is 12.3. The molecule has 1 aromatic carbocycles. The van der Waals surface area contributed by atoms with E-state index in [0.717, 1.165) is 49.3 Å². The minimum atomic E-state index is -2.62. The molecular formula is C22H31F3Si. The molecular weight excluding hydrogens is 349 g/mol. The zero-order valence-corrected chi connectivity index (χ0v) is 16.8. The Kier molecular flexibility index (Phi) is 6.65. The molecule has 0 radical (unpaired) electrons. The summed E-state index contributed by atoms with van der Waals surface area (Å²) in [5.74, 6) is 0.366. The highest BCUT2D eigenvalue weighted by Gasteiger charge is 2.46. The maximum Gasteiger partial charge on any atom is 0.250 e. The van der Waals surface area contributed by atoms with Crippen LogP contribution in [0.5, 0.6) is 0 Å². The first-order valence-electron chi connectivity index (χ1n) is 10.3. The molecule has 1 aromatic rings. The molecule has 0 atom stereocenters. The van der Waals surface area contributed by atoms with Crippen molar-refractivity contribution >= 4 is 14.2 Å². The van der Waals surface area contributed by atoms with E-state index in [1.165, 1.54) is 25.7 Å². The Labute approximate surface area is 157 Å². The van der Waals surface area contributed by atoms with Crippen LogP contribution in [0.4, 0.5) is 12.9 Å². The van der Waals surface area contributed by atoms with Crippen LogP contribution in [0.25, 0.3) is 5.83 Å². The minimum Gasteiger partial charge on any atom is -0.314 e.